The Morgan fingerprint density at radius 1 is 1.24 bits per heavy atom. The van der Waals surface area contributed by atoms with Crippen LogP contribution in [0.2, 0.25) is 0 Å². The topological polar surface area (TPSA) is 49.3 Å². The molecule has 0 saturated heterocycles. The molecule has 0 unspecified atom stereocenters. The fourth-order valence-electron chi connectivity index (χ4n) is 2.21. The smallest absolute Gasteiger partial charge is 0.191 e. The van der Waals surface area contributed by atoms with Gasteiger partial charge in [0.15, 0.2) is 5.96 Å². The van der Waals surface area contributed by atoms with Crippen LogP contribution in [0.1, 0.15) is 44.7 Å². The Morgan fingerprint density at radius 2 is 2.00 bits per heavy atom. The van der Waals surface area contributed by atoms with Gasteiger partial charge in [-0.2, -0.15) is 0 Å². The van der Waals surface area contributed by atoms with E-state index in [1.54, 1.807) is 0 Å². The molecule has 0 aromatic carbocycles. The number of aliphatic imine (C=N–C) groups is 1. The molecule has 1 rings (SSSR count). The average Bonchev–Trinajstić information content (AvgIpc) is 2.50. The number of guanidine groups is 1. The fourth-order valence-corrected chi connectivity index (χ4v) is 2.21. The molecule has 4 nitrogen and oxygen atoms in total. The molecular weight excluding hydrogens is 260 g/mol. The average molecular weight is 290 g/mol. The molecule has 0 amide bonds. The normalized spacial score (nSPS) is 11.8. The molecule has 0 aliphatic rings. The molecule has 21 heavy (non-hydrogen) atoms. The van der Waals surface area contributed by atoms with Crippen LogP contribution in [0.3, 0.4) is 0 Å². The van der Waals surface area contributed by atoms with E-state index in [0.29, 0.717) is 5.92 Å². The lowest BCUT2D eigenvalue weighted by atomic mass is 10.0. The van der Waals surface area contributed by atoms with Gasteiger partial charge in [0.2, 0.25) is 0 Å². The molecule has 4 heteroatoms. The molecule has 0 radical (unpaired) electrons. The van der Waals surface area contributed by atoms with Gasteiger partial charge in [-0.1, -0.05) is 26.7 Å². The summed E-state index contributed by atoms with van der Waals surface area (Å²) in [5.41, 5.74) is 2.59. The van der Waals surface area contributed by atoms with Crippen LogP contribution in [-0.2, 0) is 6.42 Å². The molecule has 0 bridgehead atoms. The Hall–Kier alpha value is -1.58. The number of aromatic nitrogens is 1. The van der Waals surface area contributed by atoms with Crippen molar-refractivity contribution in [3.63, 3.8) is 0 Å². The zero-order valence-electron chi connectivity index (χ0n) is 13.9. The van der Waals surface area contributed by atoms with Crippen LogP contribution < -0.4 is 10.6 Å². The number of pyridine rings is 1. The Kier molecular flexibility index (Phi) is 8.48. The van der Waals surface area contributed by atoms with Crippen LogP contribution in [0.4, 0.5) is 0 Å². The number of hydrogen-bond donors (Lipinski definition) is 2. The highest BCUT2D eigenvalue weighted by atomic mass is 15.2. The van der Waals surface area contributed by atoms with Crippen LogP contribution in [0, 0.1) is 12.8 Å². The highest BCUT2D eigenvalue weighted by Crippen LogP contribution is 2.07. The summed E-state index contributed by atoms with van der Waals surface area (Å²) in [5.74, 6) is 1.61. The van der Waals surface area contributed by atoms with E-state index in [9.17, 15) is 0 Å². The van der Waals surface area contributed by atoms with Crippen molar-refractivity contribution >= 4 is 5.96 Å². The zero-order chi connectivity index (χ0) is 15.5. The van der Waals surface area contributed by atoms with Gasteiger partial charge in [0.1, 0.15) is 0 Å². The lowest BCUT2D eigenvalue weighted by molar-refractivity contribution is 0.504. The summed E-state index contributed by atoms with van der Waals surface area (Å²) in [4.78, 5) is 8.82. The van der Waals surface area contributed by atoms with Crippen molar-refractivity contribution in [1.82, 2.24) is 15.6 Å². The van der Waals surface area contributed by atoms with E-state index in [2.05, 4.69) is 49.4 Å². The van der Waals surface area contributed by atoms with Crippen molar-refractivity contribution in [2.24, 2.45) is 10.9 Å². The lowest BCUT2D eigenvalue weighted by Gasteiger charge is -2.14. The third-order valence-corrected chi connectivity index (χ3v) is 3.83. The van der Waals surface area contributed by atoms with Crippen LogP contribution >= 0.6 is 0 Å². The van der Waals surface area contributed by atoms with E-state index in [1.165, 1.54) is 24.0 Å². The Balaban J connectivity index is 2.47. The predicted octanol–water partition coefficient (Wildman–Crippen LogP) is 2.92. The number of rotatable bonds is 8. The number of aryl methyl sites for hydroxylation is 1. The lowest BCUT2D eigenvalue weighted by Crippen LogP contribution is -2.38. The van der Waals surface area contributed by atoms with Gasteiger partial charge in [-0.05, 0) is 43.4 Å². The van der Waals surface area contributed by atoms with Crippen molar-refractivity contribution in [3.05, 3.63) is 29.6 Å². The molecule has 0 aliphatic heterocycles. The first kappa shape index (κ1) is 17.5. The largest absolute Gasteiger partial charge is 0.357 e. The van der Waals surface area contributed by atoms with Crippen molar-refractivity contribution in [2.75, 3.05) is 19.6 Å². The second-order valence-corrected chi connectivity index (χ2v) is 5.38. The molecule has 0 spiro atoms. The van der Waals surface area contributed by atoms with E-state index < -0.39 is 0 Å². The fraction of sp³-hybridized carbons (Fsp3) is 0.647. The van der Waals surface area contributed by atoms with Crippen LogP contribution in [-0.4, -0.2) is 30.6 Å². The summed E-state index contributed by atoms with van der Waals surface area (Å²) in [6.45, 7) is 11.3. The molecule has 1 heterocycles. The number of hydrogen-bond acceptors (Lipinski definition) is 2. The Labute approximate surface area is 129 Å². The highest BCUT2D eigenvalue weighted by molar-refractivity contribution is 5.79. The van der Waals surface area contributed by atoms with Crippen molar-refractivity contribution in [2.45, 2.75) is 47.0 Å². The first-order chi connectivity index (χ1) is 10.2. The van der Waals surface area contributed by atoms with Crippen molar-refractivity contribution < 1.29 is 0 Å². The van der Waals surface area contributed by atoms with Crippen LogP contribution in [0.15, 0.2) is 23.5 Å². The molecule has 0 aliphatic carbocycles. The molecule has 1 aromatic rings. The van der Waals surface area contributed by atoms with Gasteiger partial charge in [-0.25, -0.2) is 0 Å². The van der Waals surface area contributed by atoms with Gasteiger partial charge >= 0.3 is 0 Å². The van der Waals surface area contributed by atoms with Crippen molar-refractivity contribution in [1.29, 1.82) is 0 Å². The molecule has 0 fully saturated rings. The Bertz CT molecular complexity index is 425. The highest BCUT2D eigenvalue weighted by Gasteiger charge is 2.04. The third-order valence-electron chi connectivity index (χ3n) is 3.83. The number of nitrogens with zero attached hydrogens (tertiary/aromatic N) is 2. The monoisotopic (exact) mass is 290 g/mol. The van der Waals surface area contributed by atoms with Crippen LogP contribution in [0.5, 0.6) is 0 Å². The van der Waals surface area contributed by atoms with Gasteiger partial charge in [0.25, 0.3) is 0 Å². The first-order valence-corrected chi connectivity index (χ1v) is 8.12. The van der Waals surface area contributed by atoms with Gasteiger partial charge < -0.3 is 10.6 Å². The summed E-state index contributed by atoms with van der Waals surface area (Å²) >= 11 is 0. The minimum absolute atomic E-state index is 0.683. The second kappa shape index (κ2) is 10.2. The summed E-state index contributed by atoms with van der Waals surface area (Å²) in [6.07, 6.45) is 7.14. The van der Waals surface area contributed by atoms with E-state index in [0.717, 1.165) is 32.0 Å². The Morgan fingerprint density at radius 3 is 2.62 bits per heavy atom. The molecule has 2 N–H and O–H groups in total. The summed E-state index contributed by atoms with van der Waals surface area (Å²) in [5, 5.41) is 6.73. The predicted molar refractivity (Wildman–Crippen MR) is 90.7 cm³/mol. The van der Waals surface area contributed by atoms with E-state index in [-0.39, 0.29) is 0 Å². The summed E-state index contributed by atoms with van der Waals surface area (Å²) in [6, 6.07) is 2.09. The van der Waals surface area contributed by atoms with E-state index >= 15 is 0 Å². The summed E-state index contributed by atoms with van der Waals surface area (Å²) in [7, 11) is 0. The molecular formula is C17H30N4. The molecule has 118 valence electrons. The van der Waals surface area contributed by atoms with Crippen molar-refractivity contribution in [3.8, 4) is 0 Å². The van der Waals surface area contributed by atoms with Gasteiger partial charge in [0.05, 0.1) is 0 Å². The number of nitrogens with one attached hydrogen (secondary N) is 2. The standard InChI is InChI=1S/C17H30N4/c1-5-15(6-2)13-21-17(19-7-3)20-11-9-16-8-10-18-12-14(16)4/h8,10,12,15H,5-7,9,11,13H2,1-4H3,(H2,19,20,21). The second-order valence-electron chi connectivity index (χ2n) is 5.38. The third kappa shape index (κ3) is 6.61. The molecule has 0 saturated carbocycles. The maximum Gasteiger partial charge on any atom is 0.191 e. The SMILES string of the molecule is CCNC(=NCC(CC)CC)NCCc1ccncc1C. The van der Waals surface area contributed by atoms with Gasteiger partial charge in [-0.3, -0.25) is 9.98 Å². The van der Waals surface area contributed by atoms with Gasteiger partial charge in [-0.15, -0.1) is 0 Å². The van der Waals surface area contributed by atoms with Gasteiger partial charge in [0, 0.05) is 32.0 Å². The zero-order valence-corrected chi connectivity index (χ0v) is 13.9. The minimum atomic E-state index is 0.683. The van der Waals surface area contributed by atoms with Crippen LogP contribution in [0.25, 0.3) is 0 Å². The maximum absolute atomic E-state index is 4.69. The van der Waals surface area contributed by atoms with E-state index in [1.807, 2.05) is 12.4 Å². The molecule has 1 aromatic heterocycles. The van der Waals surface area contributed by atoms with E-state index in [4.69, 9.17) is 4.99 Å². The molecule has 0 atom stereocenters. The first-order valence-electron chi connectivity index (χ1n) is 8.12. The minimum Gasteiger partial charge on any atom is -0.357 e. The maximum atomic E-state index is 4.69. The summed E-state index contributed by atoms with van der Waals surface area (Å²) < 4.78 is 0. The quantitative estimate of drug-likeness (QED) is 0.572.